The molecule has 0 amide bonds. The number of para-hydroxylation sites is 1. The van der Waals surface area contributed by atoms with E-state index in [1.165, 1.54) is 6.92 Å². The largest absolute Gasteiger partial charge is 0.632 e. The SMILES string of the molecule is CC(=O)O[C@@H]1[C@H]2[C@H]3C[C@H]4C5=[N+]([O-])c6ccccc6[C@]51C[C@@H]2[N+]4([O-])[C@@H](C)[C@@H]3C(=O)O. The molecule has 1 saturated carbocycles. The smallest absolute Gasteiger partial charge is 0.312 e. The van der Waals surface area contributed by atoms with Gasteiger partial charge in [-0.1, -0.05) is 18.2 Å². The van der Waals surface area contributed by atoms with Gasteiger partial charge >= 0.3 is 11.9 Å². The van der Waals surface area contributed by atoms with Gasteiger partial charge in [0, 0.05) is 31.4 Å². The van der Waals surface area contributed by atoms with Gasteiger partial charge in [-0.05, 0) is 12.8 Å². The third-order valence-corrected chi connectivity index (χ3v) is 8.60. The van der Waals surface area contributed by atoms with Crippen LogP contribution in [0, 0.1) is 28.2 Å². The molecule has 1 aromatic rings. The monoisotopic (exact) mass is 398 g/mol. The highest BCUT2D eigenvalue weighted by Gasteiger charge is 2.83. The number of esters is 1. The Morgan fingerprint density at radius 2 is 2.07 bits per heavy atom. The van der Waals surface area contributed by atoms with Crippen molar-refractivity contribution < 1.29 is 28.8 Å². The molecule has 1 unspecified atom stereocenters. The predicted octanol–water partition coefficient (Wildman–Crippen LogP) is 1.66. The standard InChI is InChI=1S/C21H22N2O6/c1-9-16(20(25)26)11-7-14-18-21(12-5-3-4-6-13(12)22(18)27)8-15(23(9,14)28)17(11)19(21)29-10(2)24/h3-6,9,11,14-17,19H,7-8H2,1-2H3,(H,25,26)/t9-,11-,14-,15-,16-,17-,19+,21+,23?/m0/s1. The molecule has 5 fully saturated rings. The fourth-order valence-electron chi connectivity index (χ4n) is 7.90. The van der Waals surface area contributed by atoms with Crippen LogP contribution in [-0.4, -0.2) is 56.4 Å². The molecule has 4 saturated heterocycles. The second-order valence-corrected chi connectivity index (χ2v) is 9.33. The number of hydroxylamine groups is 3. The van der Waals surface area contributed by atoms with Crippen LogP contribution in [0.5, 0.6) is 0 Å². The lowest BCUT2D eigenvalue weighted by Crippen LogP contribution is -2.79. The minimum absolute atomic E-state index is 0.283. The average Bonchev–Trinajstić information content (AvgIpc) is 3.06. The molecule has 5 heterocycles. The number of carboxylic acid groups (broad SMARTS) is 1. The molecule has 1 aliphatic carbocycles. The van der Waals surface area contributed by atoms with Crippen LogP contribution in [0.1, 0.15) is 32.3 Å². The van der Waals surface area contributed by atoms with Gasteiger partial charge in [-0.2, -0.15) is 4.74 Å². The lowest BCUT2D eigenvalue weighted by molar-refractivity contribution is -0.967. The quantitative estimate of drug-likeness (QED) is 0.351. The molecule has 8 heteroatoms. The fourth-order valence-corrected chi connectivity index (χ4v) is 7.90. The summed E-state index contributed by atoms with van der Waals surface area (Å²) in [4.78, 5) is 24.2. The van der Waals surface area contributed by atoms with Crippen molar-refractivity contribution in [3.8, 4) is 0 Å². The first-order valence-corrected chi connectivity index (χ1v) is 10.2. The van der Waals surface area contributed by atoms with Crippen LogP contribution in [-0.2, 0) is 19.7 Å². The molecule has 0 aromatic heterocycles. The lowest BCUT2D eigenvalue weighted by Gasteiger charge is -2.68. The molecule has 5 aliphatic heterocycles. The summed E-state index contributed by atoms with van der Waals surface area (Å²) < 4.78 is 6.06. The second-order valence-electron chi connectivity index (χ2n) is 9.33. The zero-order valence-electron chi connectivity index (χ0n) is 16.1. The normalized spacial score (nSPS) is 47.9. The number of hydrogen-bond acceptors (Lipinski definition) is 5. The first-order chi connectivity index (χ1) is 13.7. The molecule has 1 N–H and O–H groups in total. The van der Waals surface area contributed by atoms with Crippen molar-refractivity contribution in [3.63, 3.8) is 0 Å². The van der Waals surface area contributed by atoms with E-state index < -0.39 is 46.1 Å². The van der Waals surface area contributed by atoms with E-state index in [4.69, 9.17) is 4.74 Å². The molecule has 29 heavy (non-hydrogen) atoms. The molecular formula is C21H22N2O6. The third kappa shape index (κ3) is 1.62. The molecule has 5 bridgehead atoms. The van der Waals surface area contributed by atoms with E-state index in [1.807, 2.05) is 12.1 Å². The summed E-state index contributed by atoms with van der Waals surface area (Å²) in [5.41, 5.74) is 0.982. The summed E-state index contributed by atoms with van der Waals surface area (Å²) in [5, 5.41) is 37.7. The van der Waals surface area contributed by atoms with Crippen molar-refractivity contribution >= 4 is 23.3 Å². The van der Waals surface area contributed by atoms with E-state index in [2.05, 4.69) is 0 Å². The van der Waals surface area contributed by atoms with Crippen molar-refractivity contribution in [3.05, 3.63) is 40.2 Å². The van der Waals surface area contributed by atoms with Crippen LogP contribution < -0.4 is 0 Å². The summed E-state index contributed by atoms with van der Waals surface area (Å²) in [6, 6.07) is 5.69. The highest BCUT2D eigenvalue weighted by molar-refractivity contribution is 6.02. The first kappa shape index (κ1) is 17.4. The summed E-state index contributed by atoms with van der Waals surface area (Å²) in [5.74, 6) is -2.88. The molecular weight excluding hydrogens is 376 g/mol. The van der Waals surface area contributed by atoms with Crippen LogP contribution in [0.3, 0.4) is 0 Å². The van der Waals surface area contributed by atoms with Crippen molar-refractivity contribution in [2.45, 2.75) is 56.3 Å². The number of quaternary nitrogens is 1. The number of nitrogens with zero attached hydrogens (tertiary/aromatic N) is 2. The van der Waals surface area contributed by atoms with Gasteiger partial charge in [-0.25, -0.2) is 0 Å². The van der Waals surface area contributed by atoms with Crippen molar-refractivity contribution in [1.82, 2.24) is 0 Å². The van der Waals surface area contributed by atoms with Gasteiger partial charge in [0.15, 0.2) is 6.04 Å². The molecule has 152 valence electrons. The van der Waals surface area contributed by atoms with Crippen LogP contribution in [0.25, 0.3) is 0 Å². The lowest BCUT2D eigenvalue weighted by atomic mass is 9.61. The highest BCUT2D eigenvalue weighted by atomic mass is 16.6. The topological polar surface area (TPSA) is 113 Å². The maximum Gasteiger partial charge on any atom is 0.312 e. The minimum atomic E-state index is -0.975. The van der Waals surface area contributed by atoms with Gasteiger partial charge in [0.1, 0.15) is 23.5 Å². The number of aliphatic carboxylic acids is 1. The van der Waals surface area contributed by atoms with Crippen LogP contribution in [0.15, 0.2) is 24.3 Å². The van der Waals surface area contributed by atoms with Crippen molar-refractivity contribution in [2.24, 2.45) is 17.8 Å². The van der Waals surface area contributed by atoms with Crippen molar-refractivity contribution in [1.29, 1.82) is 0 Å². The summed E-state index contributed by atoms with van der Waals surface area (Å²) >= 11 is 0. The Balaban J connectivity index is 1.67. The van der Waals surface area contributed by atoms with Gasteiger partial charge in [-0.15, -0.1) is 0 Å². The maximum atomic E-state index is 14.4. The number of fused-ring (bicyclic) bond motifs is 2. The number of carbonyl (C=O) groups excluding carboxylic acids is 1. The number of benzene rings is 1. The molecule has 0 radical (unpaired) electrons. The molecule has 9 atom stereocenters. The van der Waals surface area contributed by atoms with E-state index >= 15 is 0 Å². The first-order valence-electron chi connectivity index (χ1n) is 10.2. The van der Waals surface area contributed by atoms with Crippen molar-refractivity contribution in [2.75, 3.05) is 0 Å². The van der Waals surface area contributed by atoms with Gasteiger partial charge in [0.25, 0.3) is 0 Å². The Hall–Kier alpha value is -2.45. The van der Waals surface area contributed by atoms with Crippen LogP contribution in [0.2, 0.25) is 0 Å². The molecule has 1 aromatic carbocycles. The summed E-state index contributed by atoms with van der Waals surface area (Å²) in [6.07, 6.45) is 0.0972. The van der Waals surface area contributed by atoms with Crippen LogP contribution >= 0.6 is 0 Å². The van der Waals surface area contributed by atoms with Crippen LogP contribution in [0.4, 0.5) is 5.69 Å². The van der Waals surface area contributed by atoms with Gasteiger partial charge in [0.05, 0.1) is 12.0 Å². The number of rotatable bonds is 2. The van der Waals surface area contributed by atoms with E-state index in [-0.39, 0.29) is 17.9 Å². The maximum absolute atomic E-state index is 14.4. The Labute approximate surface area is 167 Å². The van der Waals surface area contributed by atoms with Gasteiger partial charge in [0.2, 0.25) is 11.4 Å². The Morgan fingerprint density at radius 1 is 1.34 bits per heavy atom. The van der Waals surface area contributed by atoms with E-state index in [9.17, 15) is 25.1 Å². The average molecular weight is 398 g/mol. The highest BCUT2D eigenvalue weighted by Crippen LogP contribution is 2.69. The number of carboxylic acids is 1. The zero-order chi connectivity index (χ0) is 20.5. The molecule has 8 nitrogen and oxygen atoms in total. The van der Waals surface area contributed by atoms with Gasteiger partial charge in [-0.3, -0.25) is 9.59 Å². The Kier molecular flexibility index (Phi) is 3.00. The zero-order valence-corrected chi connectivity index (χ0v) is 16.1. The number of hydrogen-bond donors (Lipinski definition) is 1. The number of ether oxygens (including phenoxy) is 1. The number of carbonyl (C=O) groups is 2. The molecule has 1 spiro atoms. The molecule has 6 aliphatic rings. The Bertz CT molecular complexity index is 1020. The number of piperidine rings is 4. The summed E-state index contributed by atoms with van der Waals surface area (Å²) in [7, 11) is 0. The summed E-state index contributed by atoms with van der Waals surface area (Å²) in [6.45, 7) is 3.04. The molecule has 7 rings (SSSR count). The predicted molar refractivity (Wildman–Crippen MR) is 100.0 cm³/mol. The Morgan fingerprint density at radius 3 is 2.76 bits per heavy atom. The minimum Gasteiger partial charge on any atom is -0.632 e. The van der Waals surface area contributed by atoms with E-state index in [0.717, 1.165) is 10.3 Å². The third-order valence-electron chi connectivity index (χ3n) is 8.60. The van der Waals surface area contributed by atoms with Gasteiger partial charge < -0.3 is 24.9 Å². The second kappa shape index (κ2) is 4.99. The fraction of sp³-hybridized carbons (Fsp3) is 0.571. The van der Waals surface area contributed by atoms with E-state index in [0.29, 0.717) is 24.2 Å². The van der Waals surface area contributed by atoms with E-state index in [1.54, 1.807) is 19.1 Å².